The molecule has 3 unspecified atom stereocenters. The number of rotatable bonds is 30. The Balaban J connectivity index is 0.00000657. The molecule has 1 aliphatic heterocycles. The fourth-order valence-corrected chi connectivity index (χ4v) is 7.27. The number of carbonyl (C=O) groups is 7. The maximum Gasteiger partial charge on any atom is 0.305 e. The smallest absolute Gasteiger partial charge is 0.305 e. The zero-order chi connectivity index (χ0) is 52.5. The van der Waals surface area contributed by atoms with Crippen LogP contribution >= 0.6 is 0 Å². The Morgan fingerprint density at radius 1 is 0.803 bits per heavy atom. The van der Waals surface area contributed by atoms with Crippen LogP contribution in [0.3, 0.4) is 0 Å². The number of imide groups is 1. The number of ether oxygens (including phenoxy) is 4. The molecule has 19 nitrogen and oxygen atoms in total. The average Bonchev–Trinajstić information content (AvgIpc) is 3.88. The van der Waals surface area contributed by atoms with E-state index >= 15 is 4.39 Å². The van der Waals surface area contributed by atoms with Gasteiger partial charge in [0.15, 0.2) is 0 Å². The van der Waals surface area contributed by atoms with Gasteiger partial charge in [-0.3, -0.25) is 38.5 Å². The summed E-state index contributed by atoms with van der Waals surface area (Å²) in [7, 11) is 0. The minimum absolute atomic E-state index is 0.0000258. The molecule has 6 N–H and O–H groups in total. The van der Waals surface area contributed by atoms with Crippen molar-refractivity contribution in [2.24, 2.45) is 11.1 Å². The Morgan fingerprint density at radius 2 is 1.39 bits per heavy atom. The first-order valence-electron chi connectivity index (χ1n) is 23.5. The Kier molecular flexibility index (Phi) is 25.2. The summed E-state index contributed by atoms with van der Waals surface area (Å²) in [6, 6.07) is 11.1. The first kappa shape index (κ1) is 58.9. The topological polar surface area (TPSA) is 250 Å². The summed E-state index contributed by atoms with van der Waals surface area (Å²) < 4.78 is 52.9. The van der Waals surface area contributed by atoms with Crippen LogP contribution in [0.5, 0.6) is 0 Å². The number of hydrogen-bond donors (Lipinski definition) is 5. The second-order valence-corrected chi connectivity index (χ2v) is 17.1. The molecular weight excluding hydrogens is 929 g/mol. The largest absolute Gasteiger partial charge is 0.481 e. The SMILES string of the molecule is CC.CC(=O)N(CCC(N)C(=O)NC(CNC(=O)CN1C(=O)C=CC1=O)C(=O)NCCOCCOCCOCCOCCC(=O)O)C(c1cc(-c2cc(F)ccc2F)cn1Cc1ccccc1)C(C)(C)C. The molecule has 0 fully saturated rings. The van der Waals surface area contributed by atoms with E-state index in [1.54, 1.807) is 17.2 Å². The molecule has 2 aromatic carbocycles. The number of nitrogens with two attached hydrogens (primary N) is 1. The summed E-state index contributed by atoms with van der Waals surface area (Å²) in [6.07, 6.45) is 3.59. The third kappa shape index (κ3) is 20.1. The van der Waals surface area contributed by atoms with Crippen molar-refractivity contribution in [1.82, 2.24) is 30.3 Å². The van der Waals surface area contributed by atoms with Crippen molar-refractivity contribution in [3.63, 3.8) is 0 Å². The van der Waals surface area contributed by atoms with E-state index in [2.05, 4.69) is 16.0 Å². The van der Waals surface area contributed by atoms with E-state index in [0.717, 1.165) is 35.9 Å². The molecule has 0 spiro atoms. The van der Waals surface area contributed by atoms with Crippen LogP contribution in [0, 0.1) is 17.0 Å². The van der Waals surface area contributed by atoms with Gasteiger partial charge in [0.05, 0.1) is 71.4 Å². The standard InChI is InChI=1S/C48H63F2N7O12.C2H6/c1-32(58)56(45(48(2,3)4)40-26-34(36-27-35(49)10-11-37(36)50)30-55(40)29-33-8-6-5-7-9-33)17-14-38(51)46(64)54-39(28-53-41(59)31-57-42(60)12-13-43(57)61)47(65)52-16-19-67-21-23-69-25-24-68-22-20-66-18-15-44(62)63;1-2/h5-13,26-27,30,38-39,45H,14-25,28-29,31,51H2,1-4H3,(H,52,65)(H,53,59)(H,54,64)(H,62,63);1-2H3. The van der Waals surface area contributed by atoms with E-state index in [1.165, 1.54) is 6.92 Å². The number of carboxylic acids is 1. The van der Waals surface area contributed by atoms with Crippen LogP contribution in [0.15, 0.2) is 72.9 Å². The van der Waals surface area contributed by atoms with E-state index in [1.807, 2.05) is 69.5 Å². The number of benzene rings is 2. The number of nitrogens with zero attached hydrogens (tertiary/aromatic N) is 3. The highest BCUT2D eigenvalue weighted by atomic mass is 19.1. The second kappa shape index (κ2) is 30.4. The van der Waals surface area contributed by atoms with Crippen LogP contribution in [0.25, 0.3) is 11.1 Å². The molecule has 1 aromatic heterocycles. The quantitative estimate of drug-likeness (QED) is 0.0476. The van der Waals surface area contributed by atoms with Crippen LogP contribution in [0.2, 0.25) is 0 Å². The number of carbonyl (C=O) groups excluding carboxylic acids is 6. The number of halogens is 2. The van der Waals surface area contributed by atoms with Gasteiger partial charge in [-0.1, -0.05) is 65.0 Å². The highest BCUT2D eigenvalue weighted by Gasteiger charge is 2.37. The molecule has 6 amide bonds. The third-order valence-electron chi connectivity index (χ3n) is 10.7. The van der Waals surface area contributed by atoms with E-state index in [4.69, 9.17) is 29.8 Å². The van der Waals surface area contributed by atoms with Gasteiger partial charge in [-0.15, -0.1) is 0 Å². The molecule has 0 radical (unpaired) electrons. The van der Waals surface area contributed by atoms with Crippen LogP contribution in [-0.4, -0.2) is 152 Å². The van der Waals surface area contributed by atoms with Crippen molar-refractivity contribution in [3.05, 3.63) is 95.8 Å². The molecule has 2 heterocycles. The van der Waals surface area contributed by atoms with Gasteiger partial charge in [0, 0.05) is 68.3 Å². The lowest BCUT2D eigenvalue weighted by molar-refractivity contribution is -0.141. The zero-order valence-electron chi connectivity index (χ0n) is 41.4. The van der Waals surface area contributed by atoms with E-state index < -0.39 is 83.8 Å². The first-order valence-corrected chi connectivity index (χ1v) is 23.5. The van der Waals surface area contributed by atoms with Crippen molar-refractivity contribution in [2.75, 3.05) is 79.0 Å². The van der Waals surface area contributed by atoms with Gasteiger partial charge in [0.1, 0.15) is 24.2 Å². The normalized spacial score (nSPS) is 13.5. The van der Waals surface area contributed by atoms with Gasteiger partial charge < -0.3 is 55.2 Å². The highest BCUT2D eigenvalue weighted by Crippen LogP contribution is 2.41. The van der Waals surface area contributed by atoms with Crippen LogP contribution in [0.1, 0.15) is 71.7 Å². The van der Waals surface area contributed by atoms with Crippen molar-refractivity contribution >= 4 is 41.4 Å². The number of aliphatic carboxylic acids is 1. The second-order valence-electron chi connectivity index (χ2n) is 17.1. The maximum atomic E-state index is 15.2. The number of nitrogens with one attached hydrogen (secondary N) is 3. The van der Waals surface area contributed by atoms with Crippen molar-refractivity contribution in [3.8, 4) is 11.1 Å². The molecule has 3 atom stereocenters. The maximum absolute atomic E-state index is 15.2. The zero-order valence-corrected chi connectivity index (χ0v) is 41.4. The minimum Gasteiger partial charge on any atom is -0.481 e. The first-order chi connectivity index (χ1) is 33.8. The van der Waals surface area contributed by atoms with E-state index in [0.29, 0.717) is 22.7 Å². The van der Waals surface area contributed by atoms with Gasteiger partial charge in [-0.2, -0.15) is 0 Å². The summed E-state index contributed by atoms with van der Waals surface area (Å²) in [6.45, 7) is 12.0. The monoisotopic (exact) mass is 997 g/mol. The molecule has 4 rings (SSSR count). The molecule has 0 saturated heterocycles. The Bertz CT molecular complexity index is 2230. The molecule has 390 valence electrons. The molecule has 0 saturated carbocycles. The Labute approximate surface area is 413 Å². The Morgan fingerprint density at radius 3 is 1.97 bits per heavy atom. The number of carboxylic acid groups (broad SMARTS) is 1. The molecule has 71 heavy (non-hydrogen) atoms. The van der Waals surface area contributed by atoms with Crippen molar-refractivity contribution in [1.29, 1.82) is 0 Å². The Hall–Kier alpha value is -6.39. The average molecular weight is 998 g/mol. The molecule has 1 aliphatic rings. The summed E-state index contributed by atoms with van der Waals surface area (Å²) in [5.74, 6) is -6.18. The lowest BCUT2D eigenvalue weighted by Gasteiger charge is -2.41. The molecule has 21 heteroatoms. The minimum atomic E-state index is -1.38. The lowest BCUT2D eigenvalue weighted by atomic mass is 9.82. The predicted molar refractivity (Wildman–Crippen MR) is 258 cm³/mol. The van der Waals surface area contributed by atoms with Gasteiger partial charge in [-0.05, 0) is 41.7 Å². The van der Waals surface area contributed by atoms with Crippen LogP contribution in [-0.2, 0) is 59.1 Å². The lowest BCUT2D eigenvalue weighted by Crippen LogP contribution is -2.57. The summed E-state index contributed by atoms with van der Waals surface area (Å²) in [5, 5.41) is 16.3. The molecular formula is C50H69F2N7O12. The van der Waals surface area contributed by atoms with E-state index in [9.17, 15) is 38.0 Å². The van der Waals surface area contributed by atoms with Gasteiger partial charge >= 0.3 is 5.97 Å². The van der Waals surface area contributed by atoms with Crippen molar-refractivity contribution < 1.29 is 66.4 Å². The van der Waals surface area contributed by atoms with Crippen LogP contribution in [0.4, 0.5) is 8.78 Å². The van der Waals surface area contributed by atoms with Crippen molar-refractivity contribution in [2.45, 2.75) is 79.1 Å². The fourth-order valence-electron chi connectivity index (χ4n) is 7.27. The summed E-state index contributed by atoms with van der Waals surface area (Å²) >= 11 is 0. The predicted octanol–water partition coefficient (Wildman–Crippen LogP) is 3.34. The molecule has 0 bridgehead atoms. The summed E-state index contributed by atoms with van der Waals surface area (Å²) in [5.41, 5.74) is 7.76. The third-order valence-corrected chi connectivity index (χ3v) is 10.7. The molecule has 3 aromatic rings. The van der Waals surface area contributed by atoms with Crippen LogP contribution < -0.4 is 21.7 Å². The molecule has 0 aliphatic carbocycles. The number of hydrogen-bond acceptors (Lipinski definition) is 12. The van der Waals surface area contributed by atoms with Gasteiger partial charge in [-0.25, -0.2) is 8.78 Å². The highest BCUT2D eigenvalue weighted by molar-refractivity contribution is 6.14. The fraction of sp³-hybridized carbons (Fsp3) is 0.500. The van der Waals surface area contributed by atoms with Gasteiger partial charge in [0.2, 0.25) is 23.6 Å². The summed E-state index contributed by atoms with van der Waals surface area (Å²) in [4.78, 5) is 90.4. The van der Waals surface area contributed by atoms with Gasteiger partial charge in [0.25, 0.3) is 11.8 Å². The number of amides is 6. The number of aromatic nitrogens is 1. The van der Waals surface area contributed by atoms with E-state index in [-0.39, 0.29) is 90.3 Å².